The second-order valence-electron chi connectivity index (χ2n) is 6.46. The van der Waals surface area contributed by atoms with Gasteiger partial charge in [0.25, 0.3) is 5.82 Å². The third-order valence-electron chi connectivity index (χ3n) is 4.41. The topological polar surface area (TPSA) is 50.4 Å². The molecule has 3 rings (SSSR count). The van der Waals surface area contributed by atoms with E-state index in [2.05, 4.69) is 36.7 Å². The van der Waals surface area contributed by atoms with E-state index in [-0.39, 0.29) is 5.60 Å². The number of hydrogen-bond acceptors (Lipinski definition) is 3. The number of nitrogens with zero attached hydrogens (tertiary/aromatic N) is 2. The minimum Gasteiger partial charge on any atom is -0.370 e. The van der Waals surface area contributed by atoms with Crippen LogP contribution in [0, 0.1) is 18.3 Å². The van der Waals surface area contributed by atoms with Gasteiger partial charge in [0.1, 0.15) is 17.3 Å². The van der Waals surface area contributed by atoms with Gasteiger partial charge < -0.3 is 4.74 Å². The van der Waals surface area contributed by atoms with E-state index >= 15 is 0 Å². The van der Waals surface area contributed by atoms with E-state index in [1.54, 1.807) is 0 Å². The molecule has 0 spiro atoms. The van der Waals surface area contributed by atoms with Crippen molar-refractivity contribution < 1.29 is 9.72 Å². The second-order valence-corrected chi connectivity index (χ2v) is 6.46. The molecule has 0 radical (unpaired) electrons. The van der Waals surface area contributed by atoms with Crippen LogP contribution in [0.25, 0.3) is 0 Å². The van der Waals surface area contributed by atoms with Crippen LogP contribution in [0.15, 0.2) is 0 Å². The number of ether oxygens (including phenoxy) is 1. The summed E-state index contributed by atoms with van der Waals surface area (Å²) in [7, 11) is 0. The molecule has 1 aromatic rings. The first-order valence-electron chi connectivity index (χ1n) is 7.38. The highest BCUT2D eigenvalue weighted by molar-refractivity contribution is 5.58. The van der Waals surface area contributed by atoms with E-state index in [1.165, 1.54) is 24.0 Å². The number of aromatic amines is 1. The Morgan fingerprint density at radius 1 is 1.25 bits per heavy atom. The molecule has 1 aromatic heterocycles. The van der Waals surface area contributed by atoms with Crippen LogP contribution in [0.5, 0.6) is 0 Å². The van der Waals surface area contributed by atoms with Crippen molar-refractivity contribution in [2.45, 2.75) is 52.2 Å². The highest BCUT2D eigenvalue weighted by Gasteiger charge is 2.35. The number of hydrogen-bond donors (Lipinski definition) is 0. The maximum Gasteiger partial charge on any atom is 0.293 e. The molecule has 0 amide bonds. The number of H-pyrrole nitrogens is 1. The molecule has 20 heavy (non-hydrogen) atoms. The minimum atomic E-state index is -0.186. The fraction of sp³-hybridized carbons (Fsp3) is 0.625. The largest absolute Gasteiger partial charge is 0.370 e. The first kappa shape index (κ1) is 13.4. The molecule has 1 N–H and O–H groups in total. The molecule has 3 heterocycles. The normalized spacial score (nSPS) is 20.6. The van der Waals surface area contributed by atoms with Crippen LogP contribution in [0.2, 0.25) is 0 Å². The second kappa shape index (κ2) is 4.75. The third kappa shape index (κ3) is 2.16. The van der Waals surface area contributed by atoms with E-state index < -0.39 is 0 Å². The third-order valence-corrected chi connectivity index (χ3v) is 4.41. The average Bonchev–Trinajstić information content (AvgIpc) is 2.90. The van der Waals surface area contributed by atoms with Gasteiger partial charge in [-0.2, -0.15) is 5.26 Å². The van der Waals surface area contributed by atoms with Crippen LogP contribution < -0.4 is 9.88 Å². The lowest BCUT2D eigenvalue weighted by molar-refractivity contribution is -0.375. The summed E-state index contributed by atoms with van der Waals surface area (Å²) >= 11 is 0. The molecule has 4 nitrogen and oxygen atoms in total. The zero-order valence-electron chi connectivity index (χ0n) is 12.5. The van der Waals surface area contributed by atoms with Crippen LogP contribution in [-0.2, 0) is 17.8 Å². The van der Waals surface area contributed by atoms with E-state index in [0.29, 0.717) is 6.61 Å². The van der Waals surface area contributed by atoms with Gasteiger partial charge in [-0.1, -0.05) is 0 Å². The number of fused-ring (bicyclic) bond motifs is 1. The summed E-state index contributed by atoms with van der Waals surface area (Å²) in [5.74, 6) is 1.01. The molecular weight excluding hydrogens is 250 g/mol. The standard InChI is InChI=1S/C16H21N3O/c1-11-14-10-20-16(2,3)8-12(14)13(9-17)15(18-11)19-6-4-5-7-19/h4-8,10H2,1-3H3/p+1. The van der Waals surface area contributed by atoms with Crippen LogP contribution in [0.4, 0.5) is 5.82 Å². The summed E-state index contributed by atoms with van der Waals surface area (Å²) in [6, 6.07) is 2.44. The molecule has 4 heteroatoms. The summed E-state index contributed by atoms with van der Waals surface area (Å²) in [4.78, 5) is 5.76. The van der Waals surface area contributed by atoms with Crippen LogP contribution in [0.3, 0.4) is 0 Å². The van der Waals surface area contributed by atoms with Gasteiger partial charge in [0.05, 0.1) is 25.3 Å². The Hall–Kier alpha value is -1.60. The Kier molecular flexibility index (Phi) is 3.18. The van der Waals surface area contributed by atoms with Gasteiger partial charge in [0.2, 0.25) is 0 Å². The van der Waals surface area contributed by atoms with Gasteiger partial charge in [-0.15, -0.1) is 0 Å². The van der Waals surface area contributed by atoms with E-state index in [1.807, 2.05) is 0 Å². The predicted molar refractivity (Wildman–Crippen MR) is 76.5 cm³/mol. The van der Waals surface area contributed by atoms with E-state index in [4.69, 9.17) is 4.74 Å². The Labute approximate surface area is 120 Å². The Morgan fingerprint density at radius 2 is 1.95 bits per heavy atom. The Bertz CT molecular complexity index is 580. The lowest BCUT2D eigenvalue weighted by Gasteiger charge is -2.32. The molecule has 0 saturated carbocycles. The van der Waals surface area contributed by atoms with E-state index in [0.717, 1.165) is 36.6 Å². The number of aryl methyl sites for hydroxylation is 1. The first-order chi connectivity index (χ1) is 9.52. The number of nitrogens with one attached hydrogen (secondary N) is 1. The maximum absolute atomic E-state index is 9.66. The fourth-order valence-electron chi connectivity index (χ4n) is 3.27. The summed E-state index contributed by atoms with van der Waals surface area (Å²) in [6.07, 6.45) is 3.23. The lowest BCUT2D eigenvalue weighted by atomic mass is 9.88. The number of aromatic nitrogens is 1. The van der Waals surface area contributed by atoms with Crippen molar-refractivity contribution in [3.8, 4) is 6.07 Å². The van der Waals surface area contributed by atoms with Crippen molar-refractivity contribution in [2.24, 2.45) is 0 Å². The number of rotatable bonds is 1. The molecule has 1 saturated heterocycles. The zero-order chi connectivity index (χ0) is 14.3. The number of nitriles is 1. The highest BCUT2D eigenvalue weighted by Crippen LogP contribution is 2.34. The lowest BCUT2D eigenvalue weighted by Crippen LogP contribution is -2.37. The number of anilines is 1. The molecule has 0 unspecified atom stereocenters. The minimum absolute atomic E-state index is 0.186. The van der Waals surface area contributed by atoms with Crippen LogP contribution >= 0.6 is 0 Å². The first-order valence-corrected chi connectivity index (χ1v) is 7.38. The molecule has 2 aliphatic heterocycles. The van der Waals surface area contributed by atoms with Gasteiger partial charge in [-0.3, -0.25) is 4.90 Å². The zero-order valence-corrected chi connectivity index (χ0v) is 12.5. The molecule has 0 bridgehead atoms. The molecular formula is C16H22N3O+. The van der Waals surface area contributed by atoms with Crippen molar-refractivity contribution in [3.63, 3.8) is 0 Å². The molecule has 106 valence electrons. The predicted octanol–water partition coefficient (Wildman–Crippen LogP) is 2.13. The summed E-state index contributed by atoms with van der Waals surface area (Å²) in [6.45, 7) is 8.96. The maximum atomic E-state index is 9.66. The van der Waals surface area contributed by atoms with Crippen LogP contribution in [-0.4, -0.2) is 18.7 Å². The van der Waals surface area contributed by atoms with Crippen molar-refractivity contribution >= 4 is 5.82 Å². The van der Waals surface area contributed by atoms with Gasteiger partial charge in [-0.05, 0) is 39.2 Å². The van der Waals surface area contributed by atoms with Gasteiger partial charge in [0, 0.05) is 12.0 Å². The summed E-state index contributed by atoms with van der Waals surface area (Å²) in [5, 5.41) is 9.66. The molecule has 0 aliphatic carbocycles. The summed E-state index contributed by atoms with van der Waals surface area (Å²) in [5.41, 5.74) is 4.13. The van der Waals surface area contributed by atoms with Crippen molar-refractivity contribution in [1.29, 1.82) is 5.26 Å². The summed E-state index contributed by atoms with van der Waals surface area (Å²) < 4.78 is 5.89. The molecule has 1 fully saturated rings. The Morgan fingerprint density at radius 3 is 2.60 bits per heavy atom. The molecule has 2 aliphatic rings. The highest BCUT2D eigenvalue weighted by atomic mass is 16.5. The smallest absolute Gasteiger partial charge is 0.293 e. The number of pyridine rings is 1. The van der Waals surface area contributed by atoms with Gasteiger partial charge in [-0.25, -0.2) is 4.98 Å². The monoisotopic (exact) mass is 272 g/mol. The molecule has 0 aromatic carbocycles. The van der Waals surface area contributed by atoms with Gasteiger partial charge in [0.15, 0.2) is 0 Å². The quantitative estimate of drug-likeness (QED) is 0.787. The van der Waals surface area contributed by atoms with E-state index in [9.17, 15) is 5.26 Å². The van der Waals surface area contributed by atoms with Crippen molar-refractivity contribution in [2.75, 3.05) is 18.0 Å². The van der Waals surface area contributed by atoms with Gasteiger partial charge >= 0.3 is 0 Å². The van der Waals surface area contributed by atoms with Crippen molar-refractivity contribution in [1.82, 2.24) is 0 Å². The molecule has 0 atom stereocenters. The van der Waals surface area contributed by atoms with Crippen molar-refractivity contribution in [3.05, 3.63) is 22.4 Å². The van der Waals surface area contributed by atoms with Crippen LogP contribution in [0.1, 0.15) is 49.1 Å². The Balaban J connectivity index is 2.14. The fourth-order valence-corrected chi connectivity index (χ4v) is 3.27. The average molecular weight is 272 g/mol. The SMILES string of the molecule is Cc1[nH+]c(N2CCCC2)c(C#N)c2c1COC(C)(C)C2.